The molecule has 3 aromatic carbocycles. The molecule has 0 aromatic heterocycles. The highest BCUT2D eigenvalue weighted by Crippen LogP contribution is 2.41. The lowest BCUT2D eigenvalue weighted by atomic mass is 9.80. The molecule has 3 aromatic rings. The molecule has 0 N–H and O–H groups in total. The summed E-state index contributed by atoms with van der Waals surface area (Å²) in [5, 5.41) is 0. The summed E-state index contributed by atoms with van der Waals surface area (Å²) >= 11 is 0. The molecule has 0 bridgehead atoms. The molecular formula is C32H35NO3. The largest absolute Gasteiger partial charge is 0.359 e. The van der Waals surface area contributed by atoms with Crippen molar-refractivity contribution in [2.45, 2.75) is 57.1 Å². The van der Waals surface area contributed by atoms with E-state index in [9.17, 15) is 9.59 Å². The van der Waals surface area contributed by atoms with Crippen LogP contribution < -0.4 is 0 Å². The molecule has 2 amide bonds. The number of benzene rings is 3. The molecule has 0 saturated carbocycles. The molecule has 186 valence electrons. The fourth-order valence-corrected chi connectivity index (χ4v) is 4.97. The first-order valence-corrected chi connectivity index (χ1v) is 13.0. The molecule has 4 nitrogen and oxygen atoms in total. The molecule has 0 radical (unpaired) electrons. The van der Waals surface area contributed by atoms with Crippen LogP contribution >= 0.6 is 0 Å². The number of nitrogens with zero attached hydrogens (tertiary/aromatic N) is 1. The summed E-state index contributed by atoms with van der Waals surface area (Å²) in [4.78, 5) is 27.1. The molecule has 1 atom stereocenters. The number of likely N-dealkylation sites (tertiary alicyclic amines) is 1. The molecule has 1 saturated heterocycles. The van der Waals surface area contributed by atoms with Crippen molar-refractivity contribution in [1.82, 2.24) is 4.90 Å². The SMILES string of the molecule is CCCCC/C=C/C(=O)N1C(=O)CC[C@H]1COC(c1ccccc1)(c1ccccc1)c1ccccc1. The quantitative estimate of drug-likeness (QED) is 0.175. The minimum Gasteiger partial charge on any atom is -0.359 e. The molecule has 1 heterocycles. The summed E-state index contributed by atoms with van der Waals surface area (Å²) < 4.78 is 6.89. The fraction of sp³-hybridized carbons (Fsp3) is 0.312. The first kappa shape index (κ1) is 25.6. The van der Waals surface area contributed by atoms with Gasteiger partial charge in [0.05, 0.1) is 12.6 Å². The summed E-state index contributed by atoms with van der Waals surface area (Å²) in [6, 6.07) is 30.2. The van der Waals surface area contributed by atoms with Crippen molar-refractivity contribution in [2.75, 3.05) is 6.61 Å². The number of hydrogen-bond donors (Lipinski definition) is 0. The lowest BCUT2D eigenvalue weighted by Crippen LogP contribution is -2.43. The van der Waals surface area contributed by atoms with Gasteiger partial charge in [0.2, 0.25) is 5.91 Å². The first-order valence-electron chi connectivity index (χ1n) is 13.0. The highest BCUT2D eigenvalue weighted by molar-refractivity contribution is 6.02. The lowest BCUT2D eigenvalue weighted by Gasteiger charge is -2.37. The lowest BCUT2D eigenvalue weighted by molar-refractivity contribution is -0.142. The van der Waals surface area contributed by atoms with Crippen LogP contribution in [0.25, 0.3) is 0 Å². The Morgan fingerprint density at radius 2 is 1.42 bits per heavy atom. The maximum atomic E-state index is 13.0. The van der Waals surface area contributed by atoms with Gasteiger partial charge in [-0.2, -0.15) is 0 Å². The number of imide groups is 1. The van der Waals surface area contributed by atoms with Crippen molar-refractivity contribution >= 4 is 11.8 Å². The number of ether oxygens (including phenoxy) is 1. The van der Waals surface area contributed by atoms with Gasteiger partial charge in [-0.25, -0.2) is 0 Å². The third-order valence-corrected chi connectivity index (χ3v) is 6.83. The van der Waals surface area contributed by atoms with Gasteiger partial charge < -0.3 is 4.74 Å². The molecule has 36 heavy (non-hydrogen) atoms. The van der Waals surface area contributed by atoms with Gasteiger partial charge in [0.1, 0.15) is 5.60 Å². The first-order chi connectivity index (χ1) is 17.7. The van der Waals surface area contributed by atoms with Gasteiger partial charge >= 0.3 is 0 Å². The summed E-state index contributed by atoms with van der Waals surface area (Å²) in [6.07, 6.45) is 8.59. The van der Waals surface area contributed by atoms with Crippen molar-refractivity contribution in [1.29, 1.82) is 0 Å². The van der Waals surface area contributed by atoms with Gasteiger partial charge in [-0.1, -0.05) is 117 Å². The van der Waals surface area contributed by atoms with Gasteiger partial charge in [-0.3, -0.25) is 14.5 Å². The average molecular weight is 482 g/mol. The Morgan fingerprint density at radius 3 is 1.92 bits per heavy atom. The van der Waals surface area contributed by atoms with Crippen LogP contribution in [0.1, 0.15) is 62.1 Å². The normalized spacial score (nSPS) is 16.1. The van der Waals surface area contributed by atoms with Gasteiger partial charge in [0.15, 0.2) is 0 Å². The van der Waals surface area contributed by atoms with Crippen LogP contribution in [-0.2, 0) is 19.9 Å². The summed E-state index contributed by atoms with van der Waals surface area (Å²) in [5.74, 6) is -0.371. The summed E-state index contributed by atoms with van der Waals surface area (Å²) in [6.45, 7) is 2.41. The van der Waals surface area contributed by atoms with Crippen molar-refractivity contribution in [3.05, 3.63) is 120 Å². The van der Waals surface area contributed by atoms with Crippen molar-refractivity contribution in [3.63, 3.8) is 0 Å². The number of amides is 2. The number of allylic oxidation sites excluding steroid dienone is 1. The number of hydrogen-bond acceptors (Lipinski definition) is 3. The third kappa shape index (κ3) is 5.66. The van der Waals surface area contributed by atoms with Crippen molar-refractivity contribution in [3.8, 4) is 0 Å². The van der Waals surface area contributed by atoms with E-state index in [1.807, 2.05) is 60.7 Å². The van der Waals surface area contributed by atoms with E-state index < -0.39 is 5.60 Å². The van der Waals surface area contributed by atoms with Gasteiger partial charge in [0.25, 0.3) is 5.91 Å². The molecule has 0 aliphatic carbocycles. The zero-order chi connectivity index (χ0) is 25.2. The Labute approximate surface area is 214 Å². The van der Waals surface area contributed by atoms with Crippen LogP contribution in [-0.4, -0.2) is 29.4 Å². The smallest absolute Gasteiger partial charge is 0.253 e. The van der Waals surface area contributed by atoms with Crippen molar-refractivity contribution < 1.29 is 14.3 Å². The van der Waals surface area contributed by atoms with E-state index >= 15 is 0 Å². The molecular weight excluding hydrogens is 446 g/mol. The minimum absolute atomic E-state index is 0.128. The molecule has 0 unspecified atom stereocenters. The Bertz CT molecular complexity index is 1050. The predicted octanol–water partition coefficient (Wildman–Crippen LogP) is 6.65. The number of rotatable bonds is 11. The second kappa shape index (κ2) is 12.5. The average Bonchev–Trinajstić information content (AvgIpc) is 3.31. The summed E-state index contributed by atoms with van der Waals surface area (Å²) in [7, 11) is 0. The van der Waals surface area contributed by atoms with Crippen LogP contribution in [0.15, 0.2) is 103 Å². The molecule has 4 heteroatoms. The Balaban J connectivity index is 1.65. The van der Waals surface area contributed by atoms with E-state index in [4.69, 9.17) is 4.74 Å². The van der Waals surface area contributed by atoms with E-state index in [0.717, 1.165) is 42.4 Å². The molecule has 4 rings (SSSR count). The molecule has 1 fully saturated rings. The van der Waals surface area contributed by atoms with Gasteiger partial charge in [0, 0.05) is 6.42 Å². The number of carbonyl (C=O) groups excluding carboxylic acids is 2. The highest BCUT2D eigenvalue weighted by atomic mass is 16.5. The third-order valence-electron chi connectivity index (χ3n) is 6.83. The Morgan fingerprint density at radius 1 is 0.889 bits per heavy atom. The molecule has 1 aliphatic rings. The highest BCUT2D eigenvalue weighted by Gasteiger charge is 2.41. The monoisotopic (exact) mass is 481 g/mol. The number of carbonyl (C=O) groups is 2. The van der Waals surface area contributed by atoms with Crippen LogP contribution in [0.2, 0.25) is 0 Å². The molecule has 1 aliphatic heterocycles. The number of unbranched alkanes of at least 4 members (excludes halogenated alkanes) is 3. The van der Waals surface area contributed by atoms with Crippen LogP contribution in [0.5, 0.6) is 0 Å². The van der Waals surface area contributed by atoms with E-state index in [1.54, 1.807) is 6.08 Å². The van der Waals surface area contributed by atoms with E-state index in [2.05, 4.69) is 43.3 Å². The summed E-state index contributed by atoms with van der Waals surface area (Å²) in [5.41, 5.74) is 2.13. The Hall–Kier alpha value is -3.50. The zero-order valence-corrected chi connectivity index (χ0v) is 21.0. The van der Waals surface area contributed by atoms with E-state index in [0.29, 0.717) is 12.8 Å². The van der Waals surface area contributed by atoms with Crippen molar-refractivity contribution in [2.24, 2.45) is 0 Å². The zero-order valence-electron chi connectivity index (χ0n) is 21.0. The Kier molecular flexibility index (Phi) is 8.85. The molecule has 0 spiro atoms. The van der Waals surface area contributed by atoms with Gasteiger partial charge in [-0.05, 0) is 42.0 Å². The standard InChI is InChI=1S/C32H35NO3/c1-2-3-4-5-15-22-30(34)33-29(23-24-31(33)35)25-36-32(26-16-9-6-10-17-26,27-18-11-7-12-19-27)28-20-13-8-14-21-28/h6-22,29H,2-5,23-25H2,1H3/b22-15+/t29-/m0/s1. The fourth-order valence-electron chi connectivity index (χ4n) is 4.97. The van der Waals surface area contributed by atoms with Crippen LogP contribution in [0.4, 0.5) is 0 Å². The minimum atomic E-state index is -0.875. The topological polar surface area (TPSA) is 46.6 Å². The predicted molar refractivity (Wildman–Crippen MR) is 143 cm³/mol. The maximum absolute atomic E-state index is 13.0. The van der Waals surface area contributed by atoms with E-state index in [-0.39, 0.29) is 24.5 Å². The van der Waals surface area contributed by atoms with Crippen LogP contribution in [0, 0.1) is 0 Å². The van der Waals surface area contributed by atoms with Crippen LogP contribution in [0.3, 0.4) is 0 Å². The van der Waals surface area contributed by atoms with E-state index in [1.165, 1.54) is 4.90 Å². The maximum Gasteiger partial charge on any atom is 0.253 e. The second-order valence-electron chi connectivity index (χ2n) is 9.28. The second-order valence-corrected chi connectivity index (χ2v) is 9.28. The van der Waals surface area contributed by atoms with Gasteiger partial charge in [-0.15, -0.1) is 0 Å².